The van der Waals surface area contributed by atoms with E-state index in [1.54, 1.807) is 0 Å². The molecular formula is C53H102O6. The first-order valence-electron chi connectivity index (χ1n) is 26.3. The van der Waals surface area contributed by atoms with E-state index in [2.05, 4.69) is 34.6 Å². The highest BCUT2D eigenvalue weighted by Crippen LogP contribution is 2.18. The van der Waals surface area contributed by atoms with Gasteiger partial charge in [-0.05, 0) is 31.1 Å². The smallest absolute Gasteiger partial charge is 0.306 e. The van der Waals surface area contributed by atoms with Gasteiger partial charge in [-0.1, -0.05) is 253 Å². The third-order valence-corrected chi connectivity index (χ3v) is 12.7. The number of carbonyl (C=O) groups excluding carboxylic acids is 3. The third-order valence-electron chi connectivity index (χ3n) is 12.7. The van der Waals surface area contributed by atoms with Crippen LogP contribution in [0, 0.1) is 11.8 Å². The van der Waals surface area contributed by atoms with Crippen LogP contribution in [-0.4, -0.2) is 37.2 Å². The largest absolute Gasteiger partial charge is 0.462 e. The third kappa shape index (κ3) is 44.3. The van der Waals surface area contributed by atoms with Crippen molar-refractivity contribution in [1.82, 2.24) is 0 Å². The second-order valence-corrected chi connectivity index (χ2v) is 18.6. The molecule has 0 heterocycles. The fourth-order valence-corrected chi connectivity index (χ4v) is 7.93. The van der Waals surface area contributed by atoms with Crippen molar-refractivity contribution < 1.29 is 28.6 Å². The second-order valence-electron chi connectivity index (χ2n) is 18.6. The van der Waals surface area contributed by atoms with Gasteiger partial charge < -0.3 is 14.2 Å². The predicted molar refractivity (Wildman–Crippen MR) is 252 cm³/mol. The molecule has 0 amide bonds. The molecule has 0 N–H and O–H groups in total. The highest BCUT2D eigenvalue weighted by atomic mass is 16.6. The van der Waals surface area contributed by atoms with Crippen LogP contribution in [-0.2, 0) is 28.6 Å². The summed E-state index contributed by atoms with van der Waals surface area (Å²) in [4.78, 5) is 37.9. The molecule has 0 radical (unpaired) electrons. The molecule has 2 unspecified atom stereocenters. The van der Waals surface area contributed by atoms with Crippen LogP contribution < -0.4 is 0 Å². The van der Waals surface area contributed by atoms with E-state index in [1.165, 1.54) is 180 Å². The molecule has 350 valence electrons. The molecule has 0 aromatic carbocycles. The van der Waals surface area contributed by atoms with Gasteiger partial charge in [0.2, 0.25) is 0 Å². The van der Waals surface area contributed by atoms with E-state index >= 15 is 0 Å². The summed E-state index contributed by atoms with van der Waals surface area (Å²) in [5.74, 6) is 0.895. The maximum absolute atomic E-state index is 12.8. The summed E-state index contributed by atoms with van der Waals surface area (Å²) in [6.07, 6.45) is 46.5. The predicted octanol–water partition coefficient (Wildman–Crippen LogP) is 16.9. The summed E-state index contributed by atoms with van der Waals surface area (Å²) in [5, 5.41) is 0. The molecule has 0 aliphatic rings. The lowest BCUT2D eigenvalue weighted by molar-refractivity contribution is -0.167. The van der Waals surface area contributed by atoms with Gasteiger partial charge in [-0.25, -0.2) is 0 Å². The average molecular weight is 835 g/mol. The van der Waals surface area contributed by atoms with E-state index in [4.69, 9.17) is 14.2 Å². The van der Waals surface area contributed by atoms with Crippen LogP contribution in [0.1, 0.15) is 291 Å². The fraction of sp³-hybridized carbons (Fsp3) is 0.943. The lowest BCUT2D eigenvalue weighted by atomic mass is 9.99. The Balaban J connectivity index is 4.27. The summed E-state index contributed by atoms with van der Waals surface area (Å²) in [6.45, 7) is 11.4. The monoisotopic (exact) mass is 835 g/mol. The van der Waals surface area contributed by atoms with Gasteiger partial charge in [-0.2, -0.15) is 0 Å². The fourth-order valence-electron chi connectivity index (χ4n) is 7.93. The van der Waals surface area contributed by atoms with Crippen LogP contribution in [0.4, 0.5) is 0 Å². The van der Waals surface area contributed by atoms with Gasteiger partial charge in [0.05, 0.1) is 0 Å². The van der Waals surface area contributed by atoms with Crippen molar-refractivity contribution in [3.8, 4) is 0 Å². The maximum atomic E-state index is 12.8. The van der Waals surface area contributed by atoms with Gasteiger partial charge in [0.1, 0.15) is 13.2 Å². The molecular weight excluding hydrogens is 733 g/mol. The van der Waals surface area contributed by atoms with Crippen molar-refractivity contribution >= 4 is 17.9 Å². The normalized spacial score (nSPS) is 13.0. The Kier molecular flexibility index (Phi) is 44.7. The molecule has 59 heavy (non-hydrogen) atoms. The van der Waals surface area contributed by atoms with Gasteiger partial charge in [0.25, 0.3) is 0 Å². The minimum Gasteiger partial charge on any atom is -0.462 e. The van der Waals surface area contributed by atoms with Crippen molar-refractivity contribution in [2.24, 2.45) is 11.8 Å². The zero-order valence-corrected chi connectivity index (χ0v) is 40.4. The Morgan fingerprint density at radius 2 is 0.593 bits per heavy atom. The van der Waals surface area contributed by atoms with Crippen molar-refractivity contribution in [3.05, 3.63) is 0 Å². The van der Waals surface area contributed by atoms with Gasteiger partial charge in [0, 0.05) is 19.3 Å². The lowest BCUT2D eigenvalue weighted by Crippen LogP contribution is -2.30. The molecule has 0 fully saturated rings. The van der Waals surface area contributed by atoms with Crippen LogP contribution in [0.2, 0.25) is 0 Å². The second kappa shape index (κ2) is 45.9. The van der Waals surface area contributed by atoms with E-state index < -0.39 is 6.10 Å². The molecule has 0 aromatic rings. The number of unbranched alkanes of at least 4 members (excludes halogenated alkanes) is 30. The standard InChI is InChI=1S/C53H102O6/c1-6-9-10-11-12-13-18-23-30-35-40-45-53(56)59-50(47-58-52(55)44-39-34-29-25-24-27-32-37-42-49(5)8-3)46-57-51(54)43-38-33-28-22-20-17-15-14-16-19-21-26-31-36-41-48(4)7-2/h48-50H,6-47H2,1-5H3/t48?,49?,50-/m1/s1. The molecule has 0 aromatic heterocycles. The number of ether oxygens (including phenoxy) is 3. The molecule has 6 nitrogen and oxygen atoms in total. The van der Waals surface area contributed by atoms with Gasteiger partial charge in [-0.15, -0.1) is 0 Å². The average Bonchev–Trinajstić information content (AvgIpc) is 3.23. The van der Waals surface area contributed by atoms with Crippen molar-refractivity contribution in [3.63, 3.8) is 0 Å². The van der Waals surface area contributed by atoms with E-state index in [-0.39, 0.29) is 31.1 Å². The van der Waals surface area contributed by atoms with Crippen molar-refractivity contribution in [1.29, 1.82) is 0 Å². The molecule has 0 aliphatic heterocycles. The SMILES string of the molecule is CCCCCCCCCCCCCC(=O)O[C@H](COC(=O)CCCCCCCCCCCCCCCCC(C)CC)COC(=O)CCCCCCCCCCC(C)CC. The quantitative estimate of drug-likeness (QED) is 0.0345. The highest BCUT2D eigenvalue weighted by Gasteiger charge is 2.19. The van der Waals surface area contributed by atoms with E-state index in [0.29, 0.717) is 19.3 Å². The Hall–Kier alpha value is -1.59. The maximum Gasteiger partial charge on any atom is 0.306 e. The first kappa shape index (κ1) is 57.4. The topological polar surface area (TPSA) is 78.9 Å². The van der Waals surface area contributed by atoms with Crippen molar-refractivity contribution in [2.75, 3.05) is 13.2 Å². The summed E-state index contributed by atoms with van der Waals surface area (Å²) < 4.78 is 16.8. The molecule has 6 heteroatoms. The molecule has 0 saturated carbocycles. The number of esters is 3. The molecule has 0 bridgehead atoms. The molecule has 0 aliphatic carbocycles. The lowest BCUT2D eigenvalue weighted by Gasteiger charge is -2.18. The molecule has 0 saturated heterocycles. The van der Waals surface area contributed by atoms with Crippen LogP contribution in [0.25, 0.3) is 0 Å². The Morgan fingerprint density at radius 3 is 0.881 bits per heavy atom. The molecule has 0 rings (SSSR count). The summed E-state index contributed by atoms with van der Waals surface area (Å²) >= 11 is 0. The van der Waals surface area contributed by atoms with Gasteiger partial charge in [-0.3, -0.25) is 14.4 Å². The van der Waals surface area contributed by atoms with Crippen LogP contribution in [0.5, 0.6) is 0 Å². The van der Waals surface area contributed by atoms with Crippen LogP contribution >= 0.6 is 0 Å². The van der Waals surface area contributed by atoms with Crippen molar-refractivity contribution in [2.45, 2.75) is 298 Å². The summed E-state index contributed by atoms with van der Waals surface area (Å²) in [6, 6.07) is 0. The number of hydrogen-bond donors (Lipinski definition) is 0. The molecule has 0 spiro atoms. The van der Waals surface area contributed by atoms with E-state index in [1.807, 2.05) is 0 Å². The number of rotatable bonds is 47. The van der Waals surface area contributed by atoms with Crippen LogP contribution in [0.3, 0.4) is 0 Å². The summed E-state index contributed by atoms with van der Waals surface area (Å²) in [7, 11) is 0. The zero-order valence-electron chi connectivity index (χ0n) is 40.4. The van der Waals surface area contributed by atoms with E-state index in [0.717, 1.165) is 69.6 Å². The van der Waals surface area contributed by atoms with Gasteiger partial charge in [0.15, 0.2) is 6.10 Å². The zero-order chi connectivity index (χ0) is 43.3. The summed E-state index contributed by atoms with van der Waals surface area (Å²) in [5.41, 5.74) is 0. The highest BCUT2D eigenvalue weighted by molar-refractivity contribution is 5.71. The Morgan fingerprint density at radius 1 is 0.339 bits per heavy atom. The first-order valence-corrected chi connectivity index (χ1v) is 26.3. The van der Waals surface area contributed by atoms with Crippen LogP contribution in [0.15, 0.2) is 0 Å². The van der Waals surface area contributed by atoms with Gasteiger partial charge >= 0.3 is 17.9 Å². The minimum absolute atomic E-state index is 0.0638. The first-order chi connectivity index (χ1) is 28.8. The Labute approximate surface area is 368 Å². The molecule has 3 atom stereocenters. The number of carbonyl (C=O) groups is 3. The van der Waals surface area contributed by atoms with E-state index in [9.17, 15) is 14.4 Å². The minimum atomic E-state index is -0.761. The number of hydrogen-bond acceptors (Lipinski definition) is 6. The Bertz CT molecular complexity index is 904.